The highest BCUT2D eigenvalue weighted by Crippen LogP contribution is 2.53. The van der Waals surface area contributed by atoms with Gasteiger partial charge >= 0.3 is 0 Å². The number of furan rings is 2. The van der Waals surface area contributed by atoms with E-state index in [1.54, 1.807) is 0 Å². The standard InChI is InChI=1S/C96H74N4O2/c1-59-29-42-68(43-30-59)97(69-44-31-60(2)32-45-69)85-55-89-93(78-24-14-10-20-74(78)85)94-79-25-15-11-21-75(79)86(56-90(94)101-89)98(70-46-33-61(3)34-47-70)73-52-40-64(6)82(54-73)67-41-39-66(8)84(53-67)100(72-50-37-63(5)38-51-72)88-58-92-96(81-27-17-13-23-77(81)88)95-80-26-16-12-22-76(80)87(57-91(95)102-92)99(71-48-35-62(4)36-49-71)83-28-18-9-19-65(83)7/h9-58H,1-8H3. The number of anilines is 12. The summed E-state index contributed by atoms with van der Waals surface area (Å²) in [6, 6.07) is 111. The van der Waals surface area contributed by atoms with Crippen LogP contribution in [0.25, 0.3) is 98.1 Å². The summed E-state index contributed by atoms with van der Waals surface area (Å²) in [7, 11) is 0. The van der Waals surface area contributed by atoms with Gasteiger partial charge in [0.15, 0.2) is 0 Å². The summed E-state index contributed by atoms with van der Waals surface area (Å²) in [6.07, 6.45) is 0. The summed E-state index contributed by atoms with van der Waals surface area (Å²) < 4.78 is 14.7. The van der Waals surface area contributed by atoms with Gasteiger partial charge in [-0.05, 0) is 190 Å². The number of hydrogen-bond acceptors (Lipinski definition) is 6. The van der Waals surface area contributed by atoms with Crippen molar-refractivity contribution in [3.63, 3.8) is 0 Å². The van der Waals surface area contributed by atoms with Crippen molar-refractivity contribution in [1.82, 2.24) is 0 Å². The molecule has 490 valence electrons. The van der Waals surface area contributed by atoms with Crippen LogP contribution in [-0.2, 0) is 0 Å². The van der Waals surface area contributed by atoms with Gasteiger partial charge < -0.3 is 28.4 Å². The Morgan fingerprint density at radius 2 is 0.471 bits per heavy atom. The fourth-order valence-electron chi connectivity index (χ4n) is 15.7. The Labute approximate surface area is 594 Å². The van der Waals surface area contributed by atoms with Gasteiger partial charge in [-0.15, -0.1) is 0 Å². The van der Waals surface area contributed by atoms with Crippen molar-refractivity contribution in [3.05, 3.63) is 348 Å². The maximum absolute atomic E-state index is 7.38. The molecule has 0 atom stereocenters. The number of fused-ring (bicyclic) bond motifs is 14. The Bertz CT molecular complexity index is 6300. The average Bonchev–Trinajstić information content (AvgIpc) is 1.53. The fourth-order valence-corrected chi connectivity index (χ4v) is 15.7. The molecule has 0 aliphatic heterocycles. The molecule has 0 amide bonds. The summed E-state index contributed by atoms with van der Waals surface area (Å²) in [5.74, 6) is 0. The van der Waals surface area contributed by atoms with Crippen LogP contribution in [0.4, 0.5) is 68.2 Å². The zero-order chi connectivity index (χ0) is 69.0. The van der Waals surface area contributed by atoms with Gasteiger partial charge in [0, 0.05) is 113 Å². The maximum atomic E-state index is 7.38. The summed E-state index contributed by atoms with van der Waals surface area (Å²) in [6.45, 7) is 17.4. The van der Waals surface area contributed by atoms with E-state index in [0.29, 0.717) is 0 Å². The highest BCUT2D eigenvalue weighted by molar-refractivity contribution is 6.32. The number of rotatable bonds is 13. The molecule has 0 N–H and O–H groups in total. The monoisotopic (exact) mass is 1310 g/mol. The van der Waals surface area contributed by atoms with Crippen molar-refractivity contribution in [2.24, 2.45) is 0 Å². The van der Waals surface area contributed by atoms with E-state index in [-0.39, 0.29) is 0 Å². The van der Waals surface area contributed by atoms with Crippen LogP contribution < -0.4 is 19.6 Å². The molecule has 0 saturated carbocycles. The van der Waals surface area contributed by atoms with Crippen LogP contribution in [0.2, 0.25) is 0 Å². The Balaban J connectivity index is 0.806. The van der Waals surface area contributed by atoms with E-state index in [9.17, 15) is 0 Å². The van der Waals surface area contributed by atoms with Crippen molar-refractivity contribution in [3.8, 4) is 11.1 Å². The lowest BCUT2D eigenvalue weighted by atomic mass is 9.95. The summed E-state index contributed by atoms with van der Waals surface area (Å²) >= 11 is 0. The minimum Gasteiger partial charge on any atom is -0.456 e. The van der Waals surface area contributed by atoms with E-state index >= 15 is 0 Å². The van der Waals surface area contributed by atoms with Gasteiger partial charge in [-0.3, -0.25) is 0 Å². The van der Waals surface area contributed by atoms with E-state index < -0.39 is 0 Å². The summed E-state index contributed by atoms with van der Waals surface area (Å²) in [4.78, 5) is 9.65. The third-order valence-corrected chi connectivity index (χ3v) is 20.9. The second-order valence-electron chi connectivity index (χ2n) is 27.8. The predicted molar refractivity (Wildman–Crippen MR) is 433 cm³/mol. The molecular formula is C96H74N4O2. The quantitative estimate of drug-likeness (QED) is 0.115. The van der Waals surface area contributed by atoms with E-state index in [1.807, 2.05) is 0 Å². The highest BCUT2D eigenvalue weighted by Gasteiger charge is 2.29. The first-order chi connectivity index (χ1) is 49.9. The lowest BCUT2D eigenvalue weighted by molar-refractivity contribution is 0.669. The largest absolute Gasteiger partial charge is 0.456 e. The second-order valence-corrected chi connectivity index (χ2v) is 27.8. The van der Waals surface area contributed by atoms with Gasteiger partial charge in [0.05, 0.1) is 22.7 Å². The Morgan fingerprint density at radius 1 is 0.196 bits per heavy atom. The first-order valence-corrected chi connectivity index (χ1v) is 35.3. The minimum atomic E-state index is 0.816. The second kappa shape index (κ2) is 24.7. The van der Waals surface area contributed by atoms with Gasteiger partial charge in [-0.25, -0.2) is 0 Å². The number of hydrogen-bond donors (Lipinski definition) is 0. The Hall–Kier alpha value is -12.6. The van der Waals surface area contributed by atoms with Crippen molar-refractivity contribution in [2.45, 2.75) is 55.4 Å². The smallest absolute Gasteiger partial charge is 0.138 e. The van der Waals surface area contributed by atoms with Crippen molar-refractivity contribution in [1.29, 1.82) is 0 Å². The van der Waals surface area contributed by atoms with Crippen LogP contribution in [0, 0.1) is 55.4 Å². The van der Waals surface area contributed by atoms with E-state index in [0.717, 1.165) is 177 Å². The molecule has 18 rings (SSSR count). The first kappa shape index (κ1) is 61.7. The van der Waals surface area contributed by atoms with Crippen molar-refractivity contribution < 1.29 is 8.83 Å². The molecule has 0 bridgehead atoms. The van der Waals surface area contributed by atoms with Gasteiger partial charge in [0.25, 0.3) is 0 Å². The molecule has 102 heavy (non-hydrogen) atoms. The van der Waals surface area contributed by atoms with Gasteiger partial charge in [-0.1, -0.05) is 222 Å². The molecule has 16 aromatic carbocycles. The molecule has 18 aromatic rings. The fraction of sp³-hybridized carbons (Fsp3) is 0.0833. The third kappa shape index (κ3) is 10.4. The zero-order valence-electron chi connectivity index (χ0n) is 58.5. The van der Waals surface area contributed by atoms with Crippen LogP contribution in [-0.4, -0.2) is 0 Å². The summed E-state index contributed by atoms with van der Waals surface area (Å²) in [5, 5.41) is 13.4. The molecule has 0 aliphatic carbocycles. The molecule has 0 radical (unpaired) electrons. The van der Waals surface area contributed by atoms with Crippen molar-refractivity contribution in [2.75, 3.05) is 19.6 Å². The molecule has 0 saturated heterocycles. The van der Waals surface area contributed by atoms with Gasteiger partial charge in [-0.2, -0.15) is 0 Å². The Kier molecular flexibility index (Phi) is 14.9. The van der Waals surface area contributed by atoms with Crippen LogP contribution in [0.5, 0.6) is 0 Å². The number of aryl methyl sites for hydroxylation is 8. The van der Waals surface area contributed by atoms with Crippen LogP contribution in [0.3, 0.4) is 0 Å². The van der Waals surface area contributed by atoms with Crippen LogP contribution in [0.15, 0.2) is 312 Å². The van der Waals surface area contributed by atoms with E-state index in [1.165, 1.54) is 33.4 Å². The van der Waals surface area contributed by atoms with Crippen LogP contribution >= 0.6 is 0 Å². The number of para-hydroxylation sites is 1. The zero-order valence-corrected chi connectivity index (χ0v) is 58.5. The van der Waals surface area contributed by atoms with E-state index in [2.05, 4.69) is 378 Å². The minimum absolute atomic E-state index is 0.816. The van der Waals surface area contributed by atoms with Gasteiger partial charge in [0.1, 0.15) is 22.3 Å². The molecule has 0 fully saturated rings. The summed E-state index contributed by atoms with van der Waals surface area (Å²) in [5.41, 5.74) is 27.7. The maximum Gasteiger partial charge on any atom is 0.138 e. The SMILES string of the molecule is Cc1ccc(N(c2ccc(C)cc2)c2cc3oc4cc(N(c5ccc(C)cc5)c5ccc(C)c(-c6ccc(C)c(N(c7ccc(C)cc7)c7cc8oc9cc(N(c%10ccc(C)cc%10)c%10ccccc%10C)c%10ccccc%10c9c8c8ccccc78)c6)c5)c5ccccc5c4c3c3ccccc23)cc1. The number of benzene rings is 16. The average molecular weight is 1320 g/mol. The van der Waals surface area contributed by atoms with E-state index in [4.69, 9.17) is 8.83 Å². The molecule has 2 heterocycles. The molecule has 6 nitrogen and oxygen atoms in total. The highest BCUT2D eigenvalue weighted by atomic mass is 16.3. The molecule has 6 heteroatoms. The predicted octanol–water partition coefficient (Wildman–Crippen LogP) is 28.1. The topological polar surface area (TPSA) is 39.2 Å². The van der Waals surface area contributed by atoms with Gasteiger partial charge in [0.2, 0.25) is 0 Å². The molecule has 2 aromatic heterocycles. The van der Waals surface area contributed by atoms with Crippen molar-refractivity contribution >= 4 is 155 Å². The molecule has 0 spiro atoms. The molecule has 0 unspecified atom stereocenters. The number of nitrogens with zero attached hydrogens (tertiary/aromatic N) is 4. The lowest BCUT2D eigenvalue weighted by Gasteiger charge is -2.30. The normalized spacial score (nSPS) is 11.7. The molecule has 0 aliphatic rings. The first-order valence-electron chi connectivity index (χ1n) is 35.3. The third-order valence-electron chi connectivity index (χ3n) is 20.9. The van der Waals surface area contributed by atoms with Crippen LogP contribution in [0.1, 0.15) is 44.5 Å². The lowest BCUT2D eigenvalue weighted by Crippen LogP contribution is -2.12. The molecular weight excluding hydrogens is 1240 g/mol. The Morgan fingerprint density at radius 3 is 0.833 bits per heavy atom.